The van der Waals surface area contributed by atoms with E-state index < -0.39 is 0 Å². The van der Waals surface area contributed by atoms with Crippen LogP contribution in [0.25, 0.3) is 0 Å². The highest BCUT2D eigenvalue weighted by atomic mass is 79.9. The number of fused-ring (bicyclic) bond motifs is 1. The minimum Gasteiger partial charge on any atom is -0.352 e. The van der Waals surface area contributed by atoms with E-state index in [1.807, 2.05) is 6.20 Å². The zero-order chi connectivity index (χ0) is 12.5. The van der Waals surface area contributed by atoms with E-state index >= 15 is 0 Å². The minimum absolute atomic E-state index is 0.654. The van der Waals surface area contributed by atoms with Gasteiger partial charge in [-0.15, -0.1) is 0 Å². The summed E-state index contributed by atoms with van der Waals surface area (Å²) in [7, 11) is 2.23. The Morgan fingerprint density at radius 1 is 1.33 bits per heavy atom. The van der Waals surface area contributed by atoms with E-state index in [0.29, 0.717) is 6.04 Å². The maximum absolute atomic E-state index is 4.47. The summed E-state index contributed by atoms with van der Waals surface area (Å²) < 4.78 is 1.02. The second-order valence-corrected chi connectivity index (χ2v) is 6.26. The fourth-order valence-electron chi connectivity index (χ4n) is 3.37. The van der Waals surface area contributed by atoms with E-state index in [1.165, 1.54) is 32.4 Å². The van der Waals surface area contributed by atoms with Crippen LogP contribution in [-0.4, -0.2) is 47.6 Å². The lowest BCUT2D eigenvalue weighted by atomic mass is 9.84. The number of anilines is 1. The lowest BCUT2D eigenvalue weighted by Gasteiger charge is -2.47. The van der Waals surface area contributed by atoms with Crippen LogP contribution in [0.4, 0.5) is 5.82 Å². The molecule has 1 aromatic rings. The van der Waals surface area contributed by atoms with Gasteiger partial charge in [0.2, 0.25) is 0 Å². The molecule has 3 rings (SSSR count). The van der Waals surface area contributed by atoms with Gasteiger partial charge in [0.1, 0.15) is 12.1 Å². The molecular weight excluding hydrogens is 292 g/mol. The van der Waals surface area contributed by atoms with Gasteiger partial charge < -0.3 is 9.80 Å². The zero-order valence-corrected chi connectivity index (χ0v) is 12.3. The summed E-state index contributed by atoms with van der Waals surface area (Å²) in [5.74, 6) is 1.86. The summed E-state index contributed by atoms with van der Waals surface area (Å²) in [6.07, 6.45) is 7.37. The highest BCUT2D eigenvalue weighted by Gasteiger charge is 2.36. The number of piperidine rings is 2. The molecule has 1 aromatic heterocycles. The Hall–Kier alpha value is -0.680. The third-order valence-electron chi connectivity index (χ3n) is 4.19. The molecule has 0 bridgehead atoms. The maximum atomic E-state index is 4.47. The molecule has 2 saturated heterocycles. The highest BCUT2D eigenvalue weighted by molar-refractivity contribution is 9.10. The van der Waals surface area contributed by atoms with Crippen LogP contribution in [0.15, 0.2) is 17.0 Å². The van der Waals surface area contributed by atoms with Crippen molar-refractivity contribution in [2.75, 3.05) is 31.6 Å². The number of aromatic nitrogens is 2. The summed E-state index contributed by atoms with van der Waals surface area (Å²) in [6, 6.07) is 0.654. The van der Waals surface area contributed by atoms with Crippen molar-refractivity contribution in [2.45, 2.75) is 25.3 Å². The van der Waals surface area contributed by atoms with E-state index in [1.54, 1.807) is 6.33 Å². The molecule has 2 atom stereocenters. The Bertz CT molecular complexity index is 425. The van der Waals surface area contributed by atoms with Gasteiger partial charge in [0.25, 0.3) is 0 Å². The van der Waals surface area contributed by atoms with Gasteiger partial charge in [-0.2, -0.15) is 0 Å². The predicted octanol–water partition coefficient (Wildman–Crippen LogP) is 2.16. The topological polar surface area (TPSA) is 32.3 Å². The number of hydrogen-bond donors (Lipinski definition) is 0. The van der Waals surface area contributed by atoms with Crippen LogP contribution >= 0.6 is 15.9 Å². The first-order valence-electron chi connectivity index (χ1n) is 6.66. The highest BCUT2D eigenvalue weighted by Crippen LogP contribution is 2.35. The molecule has 0 radical (unpaired) electrons. The molecule has 0 saturated carbocycles. The molecule has 2 aliphatic rings. The lowest BCUT2D eigenvalue weighted by Crippen LogP contribution is -2.53. The summed E-state index contributed by atoms with van der Waals surface area (Å²) in [5.41, 5.74) is 0. The fourth-order valence-corrected chi connectivity index (χ4v) is 3.81. The third kappa shape index (κ3) is 2.26. The van der Waals surface area contributed by atoms with Gasteiger partial charge in [0, 0.05) is 25.3 Å². The molecule has 4 nitrogen and oxygen atoms in total. The van der Waals surface area contributed by atoms with Gasteiger partial charge >= 0.3 is 0 Å². The van der Waals surface area contributed by atoms with Crippen molar-refractivity contribution in [3.05, 3.63) is 17.0 Å². The normalized spacial score (nSPS) is 29.1. The summed E-state index contributed by atoms with van der Waals surface area (Å²) >= 11 is 3.58. The van der Waals surface area contributed by atoms with E-state index in [0.717, 1.165) is 22.8 Å². The largest absolute Gasteiger partial charge is 0.352 e. The second kappa shape index (κ2) is 5.13. The van der Waals surface area contributed by atoms with E-state index in [2.05, 4.69) is 42.7 Å². The number of hydrogen-bond acceptors (Lipinski definition) is 4. The van der Waals surface area contributed by atoms with Gasteiger partial charge in [-0.3, -0.25) is 0 Å². The number of likely N-dealkylation sites (tertiary alicyclic amines) is 1. The van der Waals surface area contributed by atoms with E-state index in [9.17, 15) is 0 Å². The van der Waals surface area contributed by atoms with Crippen LogP contribution in [0.5, 0.6) is 0 Å². The second-order valence-electron chi connectivity index (χ2n) is 5.41. The first-order valence-corrected chi connectivity index (χ1v) is 7.45. The molecule has 0 amide bonds. The summed E-state index contributed by atoms with van der Waals surface area (Å²) in [4.78, 5) is 13.5. The van der Waals surface area contributed by atoms with Crippen molar-refractivity contribution < 1.29 is 0 Å². The molecule has 2 aliphatic heterocycles. The predicted molar refractivity (Wildman–Crippen MR) is 75.7 cm³/mol. The van der Waals surface area contributed by atoms with Crippen molar-refractivity contribution in [1.82, 2.24) is 14.9 Å². The van der Waals surface area contributed by atoms with Crippen LogP contribution < -0.4 is 4.90 Å². The van der Waals surface area contributed by atoms with Crippen molar-refractivity contribution in [3.8, 4) is 0 Å². The van der Waals surface area contributed by atoms with Gasteiger partial charge in [0.05, 0.1) is 4.47 Å². The Labute approximate surface area is 117 Å². The number of nitrogens with zero attached hydrogens (tertiary/aromatic N) is 4. The van der Waals surface area contributed by atoms with Gasteiger partial charge in [-0.25, -0.2) is 9.97 Å². The average molecular weight is 311 g/mol. The molecule has 0 aliphatic carbocycles. The minimum atomic E-state index is 0.654. The van der Waals surface area contributed by atoms with Crippen LogP contribution in [0.1, 0.15) is 19.3 Å². The van der Waals surface area contributed by atoms with E-state index in [-0.39, 0.29) is 0 Å². The monoisotopic (exact) mass is 310 g/mol. The van der Waals surface area contributed by atoms with Crippen molar-refractivity contribution in [3.63, 3.8) is 0 Å². The Kier molecular flexibility index (Phi) is 3.52. The fraction of sp³-hybridized carbons (Fsp3) is 0.692. The zero-order valence-electron chi connectivity index (χ0n) is 10.7. The SMILES string of the molecule is CN1CC[C@@H]2[C@@H](CCCN2c2ncncc2Br)C1. The molecule has 98 valence electrons. The first kappa shape index (κ1) is 12.4. The van der Waals surface area contributed by atoms with Crippen LogP contribution in [0.2, 0.25) is 0 Å². The quantitative estimate of drug-likeness (QED) is 0.795. The lowest BCUT2D eigenvalue weighted by molar-refractivity contribution is 0.154. The van der Waals surface area contributed by atoms with Crippen molar-refractivity contribution >= 4 is 21.7 Å². The number of halogens is 1. The summed E-state index contributed by atoms with van der Waals surface area (Å²) in [5, 5.41) is 0. The van der Waals surface area contributed by atoms with Gasteiger partial charge in [0.15, 0.2) is 0 Å². The first-order chi connectivity index (χ1) is 8.75. The standard InChI is InChI=1S/C13H19BrN4/c1-17-6-4-12-10(8-17)3-2-5-18(12)13-11(14)7-15-9-16-13/h7,9-10,12H,2-6,8H2,1H3/t10-,12+/m0/s1. The van der Waals surface area contributed by atoms with Gasteiger partial charge in [-0.05, 0) is 54.7 Å². The van der Waals surface area contributed by atoms with Crippen LogP contribution in [0, 0.1) is 5.92 Å². The Morgan fingerprint density at radius 3 is 3.06 bits per heavy atom. The average Bonchev–Trinajstić information content (AvgIpc) is 2.38. The van der Waals surface area contributed by atoms with E-state index in [4.69, 9.17) is 0 Å². The number of rotatable bonds is 1. The molecule has 5 heteroatoms. The smallest absolute Gasteiger partial charge is 0.146 e. The molecule has 0 N–H and O–H groups in total. The summed E-state index contributed by atoms with van der Waals surface area (Å²) in [6.45, 7) is 3.55. The Balaban J connectivity index is 1.86. The molecule has 0 aromatic carbocycles. The molecule has 0 unspecified atom stereocenters. The van der Waals surface area contributed by atoms with Crippen LogP contribution in [0.3, 0.4) is 0 Å². The van der Waals surface area contributed by atoms with Crippen molar-refractivity contribution in [1.29, 1.82) is 0 Å². The molecule has 2 fully saturated rings. The maximum Gasteiger partial charge on any atom is 0.146 e. The van der Waals surface area contributed by atoms with Crippen molar-refractivity contribution in [2.24, 2.45) is 5.92 Å². The third-order valence-corrected chi connectivity index (χ3v) is 4.75. The molecule has 3 heterocycles. The Morgan fingerprint density at radius 2 is 2.22 bits per heavy atom. The molecule has 0 spiro atoms. The molecule has 18 heavy (non-hydrogen) atoms. The molecular formula is C13H19BrN4. The van der Waals surface area contributed by atoms with Gasteiger partial charge in [-0.1, -0.05) is 0 Å². The van der Waals surface area contributed by atoms with Crippen LogP contribution in [-0.2, 0) is 0 Å².